The summed E-state index contributed by atoms with van der Waals surface area (Å²) in [5.74, 6) is -0.938. The van der Waals surface area contributed by atoms with E-state index in [0.29, 0.717) is 11.4 Å². The summed E-state index contributed by atoms with van der Waals surface area (Å²) in [6, 6.07) is 14.5. The van der Waals surface area contributed by atoms with Crippen molar-refractivity contribution in [1.29, 1.82) is 0 Å². The Labute approximate surface area is 185 Å². The van der Waals surface area contributed by atoms with Crippen LogP contribution < -0.4 is 0 Å². The molecule has 2 heterocycles. The summed E-state index contributed by atoms with van der Waals surface area (Å²) in [6.07, 6.45) is 0. The summed E-state index contributed by atoms with van der Waals surface area (Å²) < 4.78 is 1.76. The molecule has 32 heavy (non-hydrogen) atoms. The molecule has 6 nitrogen and oxygen atoms in total. The minimum Gasteiger partial charge on any atom is -0.507 e. The van der Waals surface area contributed by atoms with Gasteiger partial charge < -0.3 is 19.8 Å². The number of aryl methyl sites for hydroxylation is 2. The van der Waals surface area contributed by atoms with Crippen molar-refractivity contribution in [3.05, 3.63) is 99.6 Å². The Morgan fingerprint density at radius 1 is 0.812 bits per heavy atom. The zero-order chi connectivity index (χ0) is 23.2. The van der Waals surface area contributed by atoms with Crippen molar-refractivity contribution in [1.82, 2.24) is 9.55 Å². The molecule has 3 N–H and O–H groups in total. The van der Waals surface area contributed by atoms with Gasteiger partial charge in [-0.3, -0.25) is 9.59 Å². The van der Waals surface area contributed by atoms with Crippen LogP contribution in [0.3, 0.4) is 0 Å². The molecule has 0 atom stereocenters. The Balaban J connectivity index is 1.96. The normalized spacial score (nSPS) is 11.0. The number of carbonyl (C=O) groups excluding carboxylic acids is 2. The third kappa shape index (κ3) is 3.30. The number of phenols is 2. The van der Waals surface area contributed by atoms with Crippen LogP contribution in [0, 0.1) is 27.7 Å². The van der Waals surface area contributed by atoms with Gasteiger partial charge in [-0.15, -0.1) is 0 Å². The number of hydrogen-bond acceptors (Lipinski definition) is 4. The molecule has 0 fully saturated rings. The van der Waals surface area contributed by atoms with E-state index in [1.807, 2.05) is 27.7 Å². The molecule has 0 aliphatic heterocycles. The van der Waals surface area contributed by atoms with Crippen molar-refractivity contribution in [3.63, 3.8) is 0 Å². The van der Waals surface area contributed by atoms with Crippen molar-refractivity contribution >= 4 is 11.6 Å². The monoisotopic (exact) mass is 428 g/mol. The zero-order valence-corrected chi connectivity index (χ0v) is 18.4. The quantitative estimate of drug-likeness (QED) is 0.394. The van der Waals surface area contributed by atoms with Crippen LogP contribution in [-0.2, 0) is 0 Å². The van der Waals surface area contributed by atoms with E-state index in [4.69, 9.17) is 0 Å². The van der Waals surface area contributed by atoms with Gasteiger partial charge in [-0.25, -0.2) is 0 Å². The molecule has 0 bridgehead atoms. The maximum atomic E-state index is 13.4. The van der Waals surface area contributed by atoms with Crippen molar-refractivity contribution in [2.24, 2.45) is 0 Å². The lowest BCUT2D eigenvalue weighted by atomic mass is 10.0. The second-order valence-electron chi connectivity index (χ2n) is 7.92. The summed E-state index contributed by atoms with van der Waals surface area (Å²) >= 11 is 0. The van der Waals surface area contributed by atoms with Crippen molar-refractivity contribution < 1.29 is 19.8 Å². The third-order valence-corrected chi connectivity index (χ3v) is 5.95. The number of carbonyl (C=O) groups is 2. The number of hydrogen-bond donors (Lipinski definition) is 3. The average molecular weight is 428 g/mol. The molecule has 4 rings (SSSR count). The Morgan fingerprint density at radius 3 is 1.91 bits per heavy atom. The summed E-state index contributed by atoms with van der Waals surface area (Å²) in [5.41, 5.74) is 4.82. The minimum atomic E-state index is -0.374. The van der Waals surface area contributed by atoms with E-state index in [2.05, 4.69) is 4.98 Å². The van der Waals surface area contributed by atoms with Crippen LogP contribution >= 0.6 is 0 Å². The van der Waals surface area contributed by atoms with Crippen LogP contribution in [0.25, 0.3) is 5.69 Å². The lowest BCUT2D eigenvalue weighted by molar-refractivity contribution is 0.101. The fourth-order valence-corrected chi connectivity index (χ4v) is 3.94. The van der Waals surface area contributed by atoms with Crippen LogP contribution in [0.2, 0.25) is 0 Å². The van der Waals surface area contributed by atoms with Gasteiger partial charge in [0.1, 0.15) is 17.2 Å². The Morgan fingerprint density at radius 2 is 1.34 bits per heavy atom. The molecule has 0 aliphatic carbocycles. The van der Waals surface area contributed by atoms with Crippen LogP contribution in [0.5, 0.6) is 11.5 Å². The highest BCUT2D eigenvalue weighted by Gasteiger charge is 2.28. The fourth-order valence-electron chi connectivity index (χ4n) is 3.94. The van der Waals surface area contributed by atoms with Crippen LogP contribution in [-0.4, -0.2) is 31.3 Å². The second-order valence-corrected chi connectivity index (χ2v) is 7.92. The highest BCUT2D eigenvalue weighted by atomic mass is 16.3. The smallest absolute Gasteiger partial charge is 0.215 e. The first-order valence-corrected chi connectivity index (χ1v) is 10.3. The number of phenolic OH excluding ortho intramolecular Hbond substituents is 2. The number of aromatic nitrogens is 2. The molecule has 0 saturated heterocycles. The zero-order valence-electron chi connectivity index (χ0n) is 18.4. The van der Waals surface area contributed by atoms with E-state index in [-0.39, 0.29) is 39.9 Å². The van der Waals surface area contributed by atoms with Gasteiger partial charge in [0.15, 0.2) is 0 Å². The third-order valence-electron chi connectivity index (χ3n) is 5.95. The lowest BCUT2D eigenvalue weighted by Gasteiger charge is -2.14. The maximum absolute atomic E-state index is 13.4. The number of rotatable bonds is 5. The topological polar surface area (TPSA) is 95.3 Å². The summed E-state index contributed by atoms with van der Waals surface area (Å²) in [5, 5.41) is 20.5. The predicted molar refractivity (Wildman–Crippen MR) is 122 cm³/mol. The van der Waals surface area contributed by atoms with Crippen molar-refractivity contribution in [2.45, 2.75) is 27.7 Å². The molecular weight excluding hydrogens is 404 g/mol. The molecule has 0 saturated carbocycles. The first-order valence-electron chi connectivity index (χ1n) is 10.3. The Bertz CT molecular complexity index is 1270. The molecule has 0 amide bonds. The molecule has 2 aromatic carbocycles. The van der Waals surface area contributed by atoms with Gasteiger partial charge in [0.2, 0.25) is 11.6 Å². The van der Waals surface area contributed by atoms with Gasteiger partial charge in [-0.1, -0.05) is 24.3 Å². The predicted octanol–water partition coefficient (Wildman–Crippen LogP) is 4.91. The molecule has 2 aromatic heterocycles. The molecule has 0 aliphatic rings. The number of nitrogens with zero attached hydrogens (tertiary/aromatic N) is 1. The standard InChI is InChI=1S/C26H24N2O4/c1-14-13-20(25(31)18-9-5-7-11-21(18)29)28(17(14)4)24-15(2)16(3)27-23(24)26(32)19-10-6-8-12-22(19)30/h5-13,27,29-30H,1-4H3. The van der Waals surface area contributed by atoms with E-state index in [1.165, 1.54) is 12.1 Å². The maximum Gasteiger partial charge on any atom is 0.215 e. The Hall–Kier alpha value is -4.06. The van der Waals surface area contributed by atoms with E-state index in [0.717, 1.165) is 22.5 Å². The number of ketones is 2. The van der Waals surface area contributed by atoms with E-state index >= 15 is 0 Å². The number of benzene rings is 2. The highest BCUT2D eigenvalue weighted by Crippen LogP contribution is 2.32. The van der Waals surface area contributed by atoms with Gasteiger partial charge in [-0.2, -0.15) is 0 Å². The Kier molecular flexibility index (Phi) is 5.22. The van der Waals surface area contributed by atoms with Gasteiger partial charge >= 0.3 is 0 Å². The summed E-state index contributed by atoms with van der Waals surface area (Å²) in [6.45, 7) is 7.52. The van der Waals surface area contributed by atoms with E-state index < -0.39 is 0 Å². The van der Waals surface area contributed by atoms with Gasteiger partial charge in [0, 0.05) is 11.4 Å². The number of aromatic hydroxyl groups is 2. The van der Waals surface area contributed by atoms with Crippen molar-refractivity contribution in [2.75, 3.05) is 0 Å². The van der Waals surface area contributed by atoms with Crippen LogP contribution in [0.1, 0.15) is 54.6 Å². The van der Waals surface area contributed by atoms with Crippen LogP contribution in [0.15, 0.2) is 54.6 Å². The van der Waals surface area contributed by atoms with Crippen molar-refractivity contribution in [3.8, 4) is 17.2 Å². The SMILES string of the molecule is Cc1cc(C(=O)c2ccccc2O)n(-c2c(C(=O)c3ccccc3O)[nH]c(C)c2C)c1C. The van der Waals surface area contributed by atoms with E-state index in [9.17, 15) is 19.8 Å². The molecule has 6 heteroatoms. The number of para-hydroxylation sites is 2. The highest BCUT2D eigenvalue weighted by molar-refractivity contribution is 6.13. The molecule has 0 radical (unpaired) electrons. The molecule has 0 unspecified atom stereocenters. The first-order chi connectivity index (χ1) is 15.2. The number of aromatic amines is 1. The van der Waals surface area contributed by atoms with Gasteiger partial charge in [-0.05, 0) is 69.2 Å². The number of H-pyrrole nitrogens is 1. The lowest BCUT2D eigenvalue weighted by Crippen LogP contribution is -2.14. The average Bonchev–Trinajstić information content (AvgIpc) is 3.23. The summed E-state index contributed by atoms with van der Waals surface area (Å²) in [4.78, 5) is 30.0. The molecule has 162 valence electrons. The van der Waals surface area contributed by atoms with E-state index in [1.54, 1.807) is 47.0 Å². The van der Waals surface area contributed by atoms with Crippen LogP contribution in [0.4, 0.5) is 0 Å². The first kappa shape index (κ1) is 21.2. The van der Waals surface area contributed by atoms with Gasteiger partial charge in [0.05, 0.1) is 22.5 Å². The molecule has 0 spiro atoms. The second kappa shape index (κ2) is 7.89. The minimum absolute atomic E-state index is 0.104. The largest absolute Gasteiger partial charge is 0.507 e. The fraction of sp³-hybridized carbons (Fsp3) is 0.154. The van der Waals surface area contributed by atoms with Gasteiger partial charge in [0.25, 0.3) is 0 Å². The molecular formula is C26H24N2O4. The number of nitrogens with one attached hydrogen (secondary N) is 1. The summed E-state index contributed by atoms with van der Waals surface area (Å²) in [7, 11) is 0. The molecule has 4 aromatic rings.